The molecule has 0 atom stereocenters. The van der Waals surface area contributed by atoms with Crippen molar-refractivity contribution in [2.75, 3.05) is 13.2 Å². The Morgan fingerprint density at radius 1 is 1.00 bits per heavy atom. The molecule has 2 aromatic carbocycles. The molecule has 0 aliphatic rings. The normalized spacial score (nSPS) is 10.4. The number of benzene rings is 2. The highest BCUT2D eigenvalue weighted by Crippen LogP contribution is 2.13. The Balaban J connectivity index is 1.81. The third-order valence-electron chi connectivity index (χ3n) is 3.81. The molecule has 0 aliphatic carbocycles. The predicted molar refractivity (Wildman–Crippen MR) is 102 cm³/mol. The van der Waals surface area contributed by atoms with Crippen molar-refractivity contribution in [3.8, 4) is 5.75 Å². The molecule has 5 nitrogen and oxygen atoms in total. The molecular weight excluding hydrogens is 328 g/mol. The first kappa shape index (κ1) is 19.5. The highest BCUT2D eigenvalue weighted by Gasteiger charge is 2.08. The molecule has 26 heavy (non-hydrogen) atoms. The van der Waals surface area contributed by atoms with E-state index in [1.165, 1.54) is 0 Å². The largest absolute Gasteiger partial charge is 0.484 e. The van der Waals surface area contributed by atoms with Gasteiger partial charge in [0.2, 0.25) is 0 Å². The number of rotatable bonds is 9. The third-order valence-corrected chi connectivity index (χ3v) is 3.81. The van der Waals surface area contributed by atoms with Gasteiger partial charge in [-0.1, -0.05) is 50.2 Å². The molecule has 0 aliphatic heterocycles. The summed E-state index contributed by atoms with van der Waals surface area (Å²) >= 11 is 0. The summed E-state index contributed by atoms with van der Waals surface area (Å²) in [6, 6.07) is 16.5. The summed E-state index contributed by atoms with van der Waals surface area (Å²) in [4.78, 5) is 24.0. The molecule has 0 saturated heterocycles. The van der Waals surface area contributed by atoms with Crippen LogP contribution in [0.2, 0.25) is 0 Å². The molecular formula is C21H26N2O3. The summed E-state index contributed by atoms with van der Waals surface area (Å²) in [5, 5.41) is 5.69. The molecule has 138 valence electrons. The van der Waals surface area contributed by atoms with E-state index < -0.39 is 0 Å². The van der Waals surface area contributed by atoms with Gasteiger partial charge in [0.15, 0.2) is 6.61 Å². The highest BCUT2D eigenvalue weighted by molar-refractivity contribution is 5.94. The maximum Gasteiger partial charge on any atom is 0.257 e. The summed E-state index contributed by atoms with van der Waals surface area (Å²) in [5.41, 5.74) is 1.53. The van der Waals surface area contributed by atoms with Gasteiger partial charge in [-0.25, -0.2) is 0 Å². The van der Waals surface area contributed by atoms with Crippen molar-refractivity contribution in [2.45, 2.75) is 26.8 Å². The SMILES string of the molecule is CC(C)CCNC(=O)COc1cccc(C(=O)NCc2ccccc2)c1. The van der Waals surface area contributed by atoms with E-state index >= 15 is 0 Å². The van der Waals surface area contributed by atoms with Crippen LogP contribution >= 0.6 is 0 Å². The van der Waals surface area contributed by atoms with Crippen LogP contribution in [0, 0.1) is 5.92 Å². The number of carbonyl (C=O) groups is 2. The molecule has 2 rings (SSSR count). The second kappa shape index (κ2) is 10.2. The first-order chi connectivity index (χ1) is 12.5. The molecule has 0 bridgehead atoms. The summed E-state index contributed by atoms with van der Waals surface area (Å²) in [6.07, 6.45) is 0.933. The lowest BCUT2D eigenvalue weighted by Gasteiger charge is -2.10. The van der Waals surface area contributed by atoms with E-state index in [0.29, 0.717) is 30.3 Å². The van der Waals surface area contributed by atoms with Gasteiger partial charge in [-0.15, -0.1) is 0 Å². The van der Waals surface area contributed by atoms with E-state index in [2.05, 4.69) is 24.5 Å². The maximum atomic E-state index is 12.3. The minimum atomic E-state index is -0.180. The first-order valence-corrected chi connectivity index (χ1v) is 8.86. The van der Waals surface area contributed by atoms with E-state index in [4.69, 9.17) is 4.74 Å². The molecule has 2 N–H and O–H groups in total. The van der Waals surface area contributed by atoms with Crippen molar-refractivity contribution < 1.29 is 14.3 Å². The molecule has 0 radical (unpaired) electrons. The van der Waals surface area contributed by atoms with Crippen LogP contribution in [0.1, 0.15) is 36.2 Å². The van der Waals surface area contributed by atoms with Crippen molar-refractivity contribution in [1.82, 2.24) is 10.6 Å². The minimum absolute atomic E-state index is 0.0623. The Bertz CT molecular complexity index is 714. The molecule has 0 heterocycles. The van der Waals surface area contributed by atoms with Gasteiger partial charge >= 0.3 is 0 Å². The first-order valence-electron chi connectivity index (χ1n) is 8.86. The molecule has 0 aromatic heterocycles. The van der Waals surface area contributed by atoms with Crippen LogP contribution < -0.4 is 15.4 Å². The van der Waals surface area contributed by atoms with Gasteiger partial charge in [-0.05, 0) is 36.1 Å². The highest BCUT2D eigenvalue weighted by atomic mass is 16.5. The van der Waals surface area contributed by atoms with Crippen LogP contribution in [0.4, 0.5) is 0 Å². The fraction of sp³-hybridized carbons (Fsp3) is 0.333. The third kappa shape index (κ3) is 6.97. The summed E-state index contributed by atoms with van der Waals surface area (Å²) in [6.45, 7) is 5.26. The summed E-state index contributed by atoms with van der Waals surface area (Å²) in [7, 11) is 0. The lowest BCUT2D eigenvalue weighted by atomic mass is 10.1. The van der Waals surface area contributed by atoms with Crippen LogP contribution in [-0.2, 0) is 11.3 Å². The van der Waals surface area contributed by atoms with Crippen molar-refractivity contribution in [3.63, 3.8) is 0 Å². The zero-order valence-electron chi connectivity index (χ0n) is 15.3. The fourth-order valence-corrected chi connectivity index (χ4v) is 2.31. The van der Waals surface area contributed by atoms with Gasteiger partial charge < -0.3 is 15.4 Å². The Hall–Kier alpha value is -2.82. The van der Waals surface area contributed by atoms with Gasteiger partial charge in [0.1, 0.15) is 5.75 Å². The topological polar surface area (TPSA) is 67.4 Å². The standard InChI is InChI=1S/C21H26N2O3/c1-16(2)11-12-22-20(24)15-26-19-10-6-9-18(13-19)21(25)23-14-17-7-4-3-5-8-17/h3-10,13,16H,11-12,14-15H2,1-2H3,(H,22,24)(H,23,25). The van der Waals surface area contributed by atoms with Crippen LogP contribution in [0.15, 0.2) is 54.6 Å². The quantitative estimate of drug-likeness (QED) is 0.727. The van der Waals surface area contributed by atoms with Crippen molar-refractivity contribution >= 4 is 11.8 Å². The molecule has 0 unspecified atom stereocenters. The average Bonchev–Trinajstić information content (AvgIpc) is 2.65. The van der Waals surface area contributed by atoms with Crippen molar-refractivity contribution in [3.05, 3.63) is 65.7 Å². The Labute approximate surface area is 154 Å². The zero-order valence-corrected chi connectivity index (χ0v) is 15.3. The van der Waals surface area contributed by atoms with Gasteiger partial charge in [0.25, 0.3) is 11.8 Å². The molecule has 2 aromatic rings. The van der Waals surface area contributed by atoms with E-state index in [-0.39, 0.29) is 18.4 Å². The molecule has 2 amide bonds. The van der Waals surface area contributed by atoms with E-state index in [1.54, 1.807) is 24.3 Å². The van der Waals surface area contributed by atoms with Gasteiger partial charge in [-0.3, -0.25) is 9.59 Å². The van der Waals surface area contributed by atoms with Crippen LogP contribution in [0.25, 0.3) is 0 Å². The van der Waals surface area contributed by atoms with Crippen LogP contribution in [-0.4, -0.2) is 25.0 Å². The number of hydrogen-bond acceptors (Lipinski definition) is 3. The van der Waals surface area contributed by atoms with Crippen LogP contribution in [0.5, 0.6) is 5.75 Å². The van der Waals surface area contributed by atoms with Crippen molar-refractivity contribution in [1.29, 1.82) is 0 Å². The van der Waals surface area contributed by atoms with E-state index in [0.717, 1.165) is 12.0 Å². The lowest BCUT2D eigenvalue weighted by molar-refractivity contribution is -0.123. The Kier molecular flexibility index (Phi) is 7.68. The summed E-state index contributed by atoms with van der Waals surface area (Å²) in [5.74, 6) is 0.698. The smallest absolute Gasteiger partial charge is 0.257 e. The molecule has 0 fully saturated rings. The van der Waals surface area contributed by atoms with Gasteiger partial charge in [0.05, 0.1) is 0 Å². The molecule has 0 spiro atoms. The van der Waals surface area contributed by atoms with E-state index in [1.807, 2.05) is 30.3 Å². The maximum absolute atomic E-state index is 12.3. The number of amides is 2. The fourth-order valence-electron chi connectivity index (χ4n) is 2.31. The van der Waals surface area contributed by atoms with Crippen molar-refractivity contribution in [2.24, 2.45) is 5.92 Å². The lowest BCUT2D eigenvalue weighted by Crippen LogP contribution is -2.30. The summed E-state index contributed by atoms with van der Waals surface area (Å²) < 4.78 is 5.49. The van der Waals surface area contributed by atoms with Gasteiger partial charge in [-0.2, -0.15) is 0 Å². The Morgan fingerprint density at radius 3 is 2.50 bits per heavy atom. The monoisotopic (exact) mass is 354 g/mol. The number of hydrogen-bond donors (Lipinski definition) is 2. The average molecular weight is 354 g/mol. The Morgan fingerprint density at radius 2 is 1.77 bits per heavy atom. The minimum Gasteiger partial charge on any atom is -0.484 e. The van der Waals surface area contributed by atoms with E-state index in [9.17, 15) is 9.59 Å². The van der Waals surface area contributed by atoms with Gasteiger partial charge in [0, 0.05) is 18.7 Å². The number of carbonyl (C=O) groups excluding carboxylic acids is 2. The predicted octanol–water partition coefficient (Wildman–Crippen LogP) is 3.16. The zero-order chi connectivity index (χ0) is 18.8. The number of nitrogens with one attached hydrogen (secondary N) is 2. The molecule has 5 heteroatoms. The second-order valence-electron chi connectivity index (χ2n) is 6.52. The van der Waals surface area contributed by atoms with Crippen LogP contribution in [0.3, 0.4) is 0 Å². The second-order valence-corrected chi connectivity index (χ2v) is 6.52. The molecule has 0 saturated carbocycles. The number of ether oxygens (including phenoxy) is 1.